The van der Waals surface area contributed by atoms with E-state index < -0.39 is 0 Å². The molecule has 15 heavy (non-hydrogen) atoms. The number of rotatable bonds is 3. The molecule has 0 spiro atoms. The van der Waals surface area contributed by atoms with E-state index in [0.29, 0.717) is 11.4 Å². The zero-order chi connectivity index (χ0) is 10.7. The average Bonchev–Trinajstić information content (AvgIpc) is 2.84. The van der Waals surface area contributed by atoms with Gasteiger partial charge in [-0.2, -0.15) is 0 Å². The maximum absolute atomic E-state index is 11.6. The van der Waals surface area contributed by atoms with E-state index in [2.05, 4.69) is 10.3 Å². The number of nitrogens with zero attached hydrogens (tertiary/aromatic N) is 1. The molecule has 2 aromatic heterocycles. The third kappa shape index (κ3) is 2.24. The lowest BCUT2D eigenvalue weighted by molar-refractivity contribution is 0.0951. The van der Waals surface area contributed by atoms with Crippen molar-refractivity contribution in [2.24, 2.45) is 0 Å². The van der Waals surface area contributed by atoms with Gasteiger partial charge in [-0.1, -0.05) is 0 Å². The van der Waals surface area contributed by atoms with E-state index in [9.17, 15) is 4.79 Å². The van der Waals surface area contributed by atoms with Crippen LogP contribution in [0.25, 0.3) is 0 Å². The van der Waals surface area contributed by atoms with Crippen LogP contribution in [0.3, 0.4) is 0 Å². The van der Waals surface area contributed by atoms with Crippen LogP contribution in [0.15, 0.2) is 28.3 Å². The summed E-state index contributed by atoms with van der Waals surface area (Å²) >= 11 is 1.34. The van der Waals surface area contributed by atoms with E-state index in [1.807, 2.05) is 13.0 Å². The van der Waals surface area contributed by atoms with E-state index in [-0.39, 0.29) is 5.91 Å². The van der Waals surface area contributed by atoms with Crippen molar-refractivity contribution in [3.63, 3.8) is 0 Å². The van der Waals surface area contributed by atoms with E-state index in [1.165, 1.54) is 11.3 Å². The molecule has 4 nitrogen and oxygen atoms in total. The van der Waals surface area contributed by atoms with E-state index in [0.717, 1.165) is 11.5 Å². The summed E-state index contributed by atoms with van der Waals surface area (Å²) in [6.07, 6.45) is 1.58. The summed E-state index contributed by atoms with van der Waals surface area (Å²) in [5.41, 5.74) is 2.42. The van der Waals surface area contributed by atoms with Gasteiger partial charge in [-0.05, 0) is 19.1 Å². The predicted octanol–water partition coefficient (Wildman–Crippen LogP) is 1.97. The molecule has 0 unspecified atom stereocenters. The zero-order valence-corrected chi connectivity index (χ0v) is 9.00. The Morgan fingerprint density at radius 3 is 3.13 bits per heavy atom. The summed E-state index contributed by atoms with van der Waals surface area (Å²) in [6.45, 7) is 2.22. The van der Waals surface area contributed by atoms with Gasteiger partial charge in [0.15, 0.2) is 0 Å². The van der Waals surface area contributed by atoms with Crippen molar-refractivity contribution in [1.29, 1.82) is 0 Å². The Morgan fingerprint density at radius 1 is 1.67 bits per heavy atom. The third-order valence-corrected chi connectivity index (χ3v) is 2.88. The normalized spacial score (nSPS) is 10.2. The fraction of sp³-hybridized carbons (Fsp3) is 0.200. The first kappa shape index (κ1) is 9.92. The Bertz CT molecular complexity index is 448. The topological polar surface area (TPSA) is 55.1 Å². The summed E-state index contributed by atoms with van der Waals surface area (Å²) in [4.78, 5) is 16.3. The molecule has 78 valence electrons. The van der Waals surface area contributed by atoms with Gasteiger partial charge >= 0.3 is 0 Å². The van der Waals surface area contributed by atoms with Crippen LogP contribution < -0.4 is 5.32 Å². The van der Waals surface area contributed by atoms with Crippen molar-refractivity contribution in [3.8, 4) is 0 Å². The van der Waals surface area contributed by atoms with Gasteiger partial charge in [0.25, 0.3) is 5.91 Å². The zero-order valence-electron chi connectivity index (χ0n) is 8.19. The quantitative estimate of drug-likeness (QED) is 0.863. The largest absolute Gasteiger partial charge is 0.467 e. The third-order valence-electron chi connectivity index (χ3n) is 1.96. The Labute approximate surface area is 90.9 Å². The molecule has 0 saturated heterocycles. The molecular weight excluding hydrogens is 212 g/mol. The lowest BCUT2D eigenvalue weighted by Gasteiger charge is -2.00. The Hall–Kier alpha value is -1.62. The molecule has 2 aromatic rings. The highest BCUT2D eigenvalue weighted by molar-refractivity contribution is 7.11. The number of aryl methyl sites for hydroxylation is 1. The maximum atomic E-state index is 11.6. The summed E-state index contributed by atoms with van der Waals surface area (Å²) in [5.74, 6) is 0.636. The van der Waals surface area contributed by atoms with Crippen LogP contribution in [0.4, 0.5) is 0 Å². The SMILES string of the molecule is Cc1ncsc1C(=O)NCc1ccco1. The number of carbonyl (C=O) groups excluding carboxylic acids is 1. The molecule has 0 aliphatic rings. The van der Waals surface area contributed by atoms with Crippen LogP contribution in [0.2, 0.25) is 0 Å². The van der Waals surface area contributed by atoms with Gasteiger partial charge < -0.3 is 9.73 Å². The van der Waals surface area contributed by atoms with Gasteiger partial charge in [0.2, 0.25) is 0 Å². The van der Waals surface area contributed by atoms with Crippen LogP contribution >= 0.6 is 11.3 Å². The molecular formula is C10H10N2O2S. The Morgan fingerprint density at radius 2 is 2.53 bits per heavy atom. The fourth-order valence-corrected chi connectivity index (χ4v) is 1.90. The maximum Gasteiger partial charge on any atom is 0.263 e. The van der Waals surface area contributed by atoms with Crippen LogP contribution in [-0.2, 0) is 6.54 Å². The van der Waals surface area contributed by atoms with E-state index in [4.69, 9.17) is 4.42 Å². The fourth-order valence-electron chi connectivity index (χ4n) is 1.18. The minimum Gasteiger partial charge on any atom is -0.467 e. The molecule has 2 heterocycles. The molecule has 5 heteroatoms. The molecule has 0 radical (unpaired) electrons. The second-order valence-corrected chi connectivity index (χ2v) is 3.88. The number of thiazole rings is 1. The summed E-state index contributed by atoms with van der Waals surface area (Å²) in [5, 5.41) is 2.77. The number of furan rings is 1. The van der Waals surface area contributed by atoms with E-state index >= 15 is 0 Å². The lowest BCUT2D eigenvalue weighted by Crippen LogP contribution is -2.22. The standard InChI is InChI=1S/C10H10N2O2S/c1-7-9(15-6-12-7)10(13)11-5-8-3-2-4-14-8/h2-4,6H,5H2,1H3,(H,11,13). The van der Waals surface area contributed by atoms with Gasteiger partial charge in [-0.15, -0.1) is 11.3 Å². The van der Waals surface area contributed by atoms with Crippen molar-refractivity contribution >= 4 is 17.2 Å². The molecule has 0 bridgehead atoms. The van der Waals surface area contributed by atoms with Gasteiger partial charge in [-0.3, -0.25) is 4.79 Å². The number of hydrogen-bond acceptors (Lipinski definition) is 4. The lowest BCUT2D eigenvalue weighted by atomic mass is 10.3. The number of nitrogens with one attached hydrogen (secondary N) is 1. The van der Waals surface area contributed by atoms with Crippen molar-refractivity contribution < 1.29 is 9.21 Å². The summed E-state index contributed by atoms with van der Waals surface area (Å²) in [6, 6.07) is 3.61. The van der Waals surface area contributed by atoms with Crippen molar-refractivity contribution in [2.45, 2.75) is 13.5 Å². The minimum atomic E-state index is -0.105. The number of amides is 1. The monoisotopic (exact) mass is 222 g/mol. The molecule has 1 amide bonds. The first-order chi connectivity index (χ1) is 7.27. The minimum absolute atomic E-state index is 0.105. The van der Waals surface area contributed by atoms with Crippen LogP contribution in [-0.4, -0.2) is 10.9 Å². The first-order valence-electron chi connectivity index (χ1n) is 4.48. The molecule has 0 aliphatic heterocycles. The van der Waals surface area contributed by atoms with Crippen LogP contribution in [0.5, 0.6) is 0 Å². The van der Waals surface area contributed by atoms with Crippen molar-refractivity contribution in [2.75, 3.05) is 0 Å². The number of aromatic nitrogens is 1. The molecule has 2 rings (SSSR count). The van der Waals surface area contributed by atoms with E-state index in [1.54, 1.807) is 17.8 Å². The molecule has 0 atom stereocenters. The predicted molar refractivity (Wildman–Crippen MR) is 56.7 cm³/mol. The first-order valence-corrected chi connectivity index (χ1v) is 5.36. The molecule has 0 fully saturated rings. The molecule has 0 aliphatic carbocycles. The summed E-state index contributed by atoms with van der Waals surface area (Å²) < 4.78 is 5.10. The number of carbonyl (C=O) groups is 1. The van der Waals surface area contributed by atoms with Gasteiger partial charge in [0.05, 0.1) is 24.0 Å². The number of hydrogen-bond donors (Lipinski definition) is 1. The molecule has 0 saturated carbocycles. The summed E-state index contributed by atoms with van der Waals surface area (Å²) in [7, 11) is 0. The van der Waals surface area contributed by atoms with Crippen LogP contribution in [0.1, 0.15) is 21.1 Å². The van der Waals surface area contributed by atoms with Crippen molar-refractivity contribution in [3.05, 3.63) is 40.2 Å². The Balaban J connectivity index is 1.96. The highest BCUT2D eigenvalue weighted by atomic mass is 32.1. The van der Waals surface area contributed by atoms with Crippen LogP contribution in [0, 0.1) is 6.92 Å². The van der Waals surface area contributed by atoms with Gasteiger partial charge in [0, 0.05) is 0 Å². The molecule has 1 N–H and O–H groups in total. The smallest absolute Gasteiger partial charge is 0.263 e. The molecule has 0 aromatic carbocycles. The highest BCUT2D eigenvalue weighted by Gasteiger charge is 2.11. The highest BCUT2D eigenvalue weighted by Crippen LogP contribution is 2.11. The Kier molecular flexibility index (Phi) is 2.82. The average molecular weight is 222 g/mol. The van der Waals surface area contributed by atoms with Crippen molar-refractivity contribution in [1.82, 2.24) is 10.3 Å². The second-order valence-electron chi connectivity index (χ2n) is 3.03. The van der Waals surface area contributed by atoms with Gasteiger partial charge in [-0.25, -0.2) is 4.98 Å². The van der Waals surface area contributed by atoms with Gasteiger partial charge in [0.1, 0.15) is 10.6 Å². The second kappa shape index (κ2) is 4.27.